The van der Waals surface area contributed by atoms with Crippen LogP contribution in [0, 0.1) is 23.0 Å². The number of esters is 1. The normalized spacial score (nSPS) is 10.8. The lowest BCUT2D eigenvalue weighted by atomic mass is 10.1. The summed E-state index contributed by atoms with van der Waals surface area (Å²) in [6, 6.07) is 4.75. The van der Waals surface area contributed by atoms with Crippen LogP contribution in [0.2, 0.25) is 0 Å². The van der Waals surface area contributed by atoms with Crippen LogP contribution >= 0.6 is 0 Å². The van der Waals surface area contributed by atoms with E-state index in [-0.39, 0.29) is 0 Å². The van der Waals surface area contributed by atoms with Gasteiger partial charge in [-0.1, -0.05) is 6.07 Å². The lowest BCUT2D eigenvalue weighted by Crippen LogP contribution is -2.03. The third-order valence-electron chi connectivity index (χ3n) is 1.81. The molecular weight excluding hydrogens is 216 g/mol. The molecule has 0 saturated heterocycles. The van der Waals surface area contributed by atoms with Gasteiger partial charge in [0.25, 0.3) is 0 Å². The first-order valence-corrected chi connectivity index (χ1v) is 4.24. The summed E-state index contributed by atoms with van der Waals surface area (Å²) in [4.78, 5) is 11.0. The fourth-order valence-corrected chi connectivity index (χ4v) is 1.04. The third kappa shape index (κ3) is 2.42. The Morgan fingerprint density at radius 1 is 1.44 bits per heavy atom. The average Bonchev–Trinajstić information content (AvgIpc) is 2.28. The molecule has 0 aliphatic carbocycles. The number of ether oxygens (including phenoxy) is 1. The van der Waals surface area contributed by atoms with Gasteiger partial charge in [-0.25, -0.2) is 13.6 Å². The zero-order chi connectivity index (χ0) is 12.1. The highest BCUT2D eigenvalue weighted by Gasteiger charge is 2.12. The topological polar surface area (TPSA) is 50.1 Å². The van der Waals surface area contributed by atoms with Gasteiger partial charge in [0.15, 0.2) is 0 Å². The van der Waals surface area contributed by atoms with Gasteiger partial charge in [0.05, 0.1) is 7.11 Å². The predicted molar refractivity (Wildman–Crippen MR) is 52.0 cm³/mol. The molecule has 5 heteroatoms. The number of carbonyl (C=O) groups excluding carboxylic acids is 1. The molecule has 0 aliphatic heterocycles. The molecule has 16 heavy (non-hydrogen) atoms. The van der Waals surface area contributed by atoms with Crippen molar-refractivity contribution in [3.8, 4) is 6.07 Å². The Bertz CT molecular complexity index is 469. The number of hydrogen-bond donors (Lipinski definition) is 0. The van der Waals surface area contributed by atoms with Crippen LogP contribution in [0.3, 0.4) is 0 Å². The molecular formula is C11H7F2NO2. The predicted octanol–water partition coefficient (Wildman–Crippen LogP) is 2.04. The molecule has 0 bridgehead atoms. The number of benzene rings is 1. The van der Waals surface area contributed by atoms with Crippen LogP contribution in [0.4, 0.5) is 8.78 Å². The molecule has 0 N–H and O–H groups in total. The average molecular weight is 223 g/mol. The van der Waals surface area contributed by atoms with Gasteiger partial charge in [-0.2, -0.15) is 5.26 Å². The smallest absolute Gasteiger partial charge is 0.348 e. The number of methoxy groups -OCH3 is 1. The summed E-state index contributed by atoms with van der Waals surface area (Å²) < 4.78 is 30.6. The van der Waals surface area contributed by atoms with E-state index in [1.54, 1.807) is 0 Å². The van der Waals surface area contributed by atoms with E-state index in [1.165, 1.54) is 12.1 Å². The number of nitrogens with zero attached hydrogens (tertiary/aromatic N) is 1. The molecule has 3 nitrogen and oxygen atoms in total. The molecule has 1 rings (SSSR count). The summed E-state index contributed by atoms with van der Waals surface area (Å²) >= 11 is 0. The van der Waals surface area contributed by atoms with Crippen LogP contribution < -0.4 is 0 Å². The van der Waals surface area contributed by atoms with Crippen LogP contribution in [0.15, 0.2) is 23.8 Å². The molecule has 0 fully saturated rings. The summed E-state index contributed by atoms with van der Waals surface area (Å²) in [6.45, 7) is 0. The fourth-order valence-electron chi connectivity index (χ4n) is 1.04. The number of hydrogen-bond acceptors (Lipinski definition) is 3. The molecule has 0 heterocycles. The Labute approximate surface area is 90.6 Å². The number of halogens is 2. The molecule has 0 saturated carbocycles. The lowest BCUT2D eigenvalue weighted by molar-refractivity contribution is -0.135. The van der Waals surface area contributed by atoms with E-state index in [0.717, 1.165) is 25.3 Å². The lowest BCUT2D eigenvalue weighted by Gasteiger charge is -2.00. The van der Waals surface area contributed by atoms with E-state index < -0.39 is 28.7 Å². The maximum atomic E-state index is 13.2. The third-order valence-corrected chi connectivity index (χ3v) is 1.81. The van der Waals surface area contributed by atoms with Crippen molar-refractivity contribution in [2.45, 2.75) is 0 Å². The molecule has 82 valence electrons. The highest BCUT2D eigenvalue weighted by atomic mass is 19.1. The zero-order valence-electron chi connectivity index (χ0n) is 8.33. The summed E-state index contributed by atoms with van der Waals surface area (Å²) in [7, 11) is 1.07. The van der Waals surface area contributed by atoms with E-state index >= 15 is 0 Å². The second-order valence-electron chi connectivity index (χ2n) is 2.80. The minimum Gasteiger partial charge on any atom is -0.465 e. The Balaban J connectivity index is 3.25. The SMILES string of the molecule is COC(=O)/C(C#N)=C/c1c(F)cccc1F. The van der Waals surface area contributed by atoms with Gasteiger partial charge < -0.3 is 4.74 Å². The van der Waals surface area contributed by atoms with Gasteiger partial charge in [-0.05, 0) is 18.2 Å². The van der Waals surface area contributed by atoms with E-state index in [1.807, 2.05) is 0 Å². The highest BCUT2D eigenvalue weighted by Crippen LogP contribution is 2.16. The second-order valence-corrected chi connectivity index (χ2v) is 2.80. The molecule has 0 aromatic heterocycles. The van der Waals surface area contributed by atoms with Crippen molar-refractivity contribution in [3.05, 3.63) is 41.0 Å². The minimum absolute atomic E-state index is 0.440. The van der Waals surface area contributed by atoms with Crippen LogP contribution in [-0.4, -0.2) is 13.1 Å². The van der Waals surface area contributed by atoms with Crippen molar-refractivity contribution in [1.82, 2.24) is 0 Å². The first-order chi connectivity index (χ1) is 7.60. The Kier molecular flexibility index (Phi) is 3.72. The van der Waals surface area contributed by atoms with Gasteiger partial charge in [-0.3, -0.25) is 0 Å². The van der Waals surface area contributed by atoms with Crippen LogP contribution in [0.25, 0.3) is 6.08 Å². The summed E-state index contributed by atoms with van der Waals surface area (Å²) in [6.07, 6.45) is 0.816. The maximum Gasteiger partial charge on any atom is 0.348 e. The van der Waals surface area contributed by atoms with Crippen LogP contribution in [-0.2, 0) is 9.53 Å². The molecule has 0 atom stereocenters. The van der Waals surface area contributed by atoms with Crippen LogP contribution in [0.5, 0.6) is 0 Å². The van der Waals surface area contributed by atoms with Gasteiger partial charge in [0, 0.05) is 5.56 Å². The molecule has 0 amide bonds. The molecule has 1 aromatic carbocycles. The first kappa shape index (κ1) is 11.9. The van der Waals surface area contributed by atoms with Gasteiger partial charge in [-0.15, -0.1) is 0 Å². The number of rotatable bonds is 2. The van der Waals surface area contributed by atoms with Crippen molar-refractivity contribution in [1.29, 1.82) is 5.26 Å². The highest BCUT2D eigenvalue weighted by molar-refractivity contribution is 5.97. The second kappa shape index (κ2) is 5.03. The molecule has 0 radical (unpaired) electrons. The molecule has 0 spiro atoms. The van der Waals surface area contributed by atoms with E-state index in [9.17, 15) is 13.6 Å². The molecule has 0 aliphatic rings. The Morgan fingerprint density at radius 3 is 2.44 bits per heavy atom. The summed E-state index contributed by atoms with van der Waals surface area (Å²) in [5.74, 6) is -2.64. The fraction of sp³-hybridized carbons (Fsp3) is 0.0909. The summed E-state index contributed by atoms with van der Waals surface area (Å²) in [5, 5.41) is 8.61. The number of carbonyl (C=O) groups is 1. The molecule has 1 aromatic rings. The van der Waals surface area contributed by atoms with Crippen molar-refractivity contribution < 1.29 is 18.3 Å². The Morgan fingerprint density at radius 2 is 2.00 bits per heavy atom. The van der Waals surface area contributed by atoms with Crippen molar-refractivity contribution in [3.63, 3.8) is 0 Å². The minimum atomic E-state index is -0.940. The van der Waals surface area contributed by atoms with Crippen LogP contribution in [0.1, 0.15) is 5.56 Å². The van der Waals surface area contributed by atoms with Gasteiger partial charge >= 0.3 is 5.97 Å². The number of nitriles is 1. The largest absolute Gasteiger partial charge is 0.465 e. The van der Waals surface area contributed by atoms with Crippen molar-refractivity contribution in [2.75, 3.05) is 7.11 Å². The summed E-state index contributed by atoms with van der Waals surface area (Å²) in [5.41, 5.74) is -0.907. The first-order valence-electron chi connectivity index (χ1n) is 4.24. The monoisotopic (exact) mass is 223 g/mol. The van der Waals surface area contributed by atoms with E-state index in [0.29, 0.717) is 0 Å². The van der Waals surface area contributed by atoms with Crippen molar-refractivity contribution >= 4 is 12.0 Å². The zero-order valence-corrected chi connectivity index (χ0v) is 8.33. The quantitative estimate of drug-likeness (QED) is 0.438. The van der Waals surface area contributed by atoms with E-state index in [2.05, 4.69) is 4.74 Å². The maximum absolute atomic E-state index is 13.2. The van der Waals surface area contributed by atoms with Gasteiger partial charge in [0.2, 0.25) is 0 Å². The van der Waals surface area contributed by atoms with E-state index in [4.69, 9.17) is 5.26 Å². The van der Waals surface area contributed by atoms with Gasteiger partial charge in [0.1, 0.15) is 23.3 Å². The standard InChI is InChI=1S/C11H7F2NO2/c1-16-11(15)7(6-14)5-8-9(12)3-2-4-10(8)13/h2-5H,1H3/b7-5+. The van der Waals surface area contributed by atoms with Crippen molar-refractivity contribution in [2.24, 2.45) is 0 Å². The Hall–Kier alpha value is -2.22. The molecule has 0 unspecified atom stereocenters.